The molecule has 5 nitrogen and oxygen atoms in total. The Kier molecular flexibility index (Phi) is 3.88. The number of aliphatic carboxylic acids is 1. The number of ether oxygens (including phenoxy) is 1. The molecule has 0 aromatic rings. The van der Waals surface area contributed by atoms with Crippen molar-refractivity contribution in [2.45, 2.75) is 12.8 Å². The molecule has 1 saturated carbocycles. The maximum absolute atomic E-state index is 11.2. The molecule has 0 unspecified atom stereocenters. The second kappa shape index (κ2) is 4.95. The third kappa shape index (κ3) is 4.23. The van der Waals surface area contributed by atoms with Gasteiger partial charge in [0.1, 0.15) is 13.2 Å². The third-order valence-electron chi connectivity index (χ3n) is 2.07. The highest BCUT2D eigenvalue weighted by Crippen LogP contribution is 2.28. The Bertz CT molecular complexity index is 225. The fourth-order valence-electron chi connectivity index (χ4n) is 0.999. The molecule has 1 aliphatic rings. The zero-order chi connectivity index (χ0) is 10.6. The van der Waals surface area contributed by atoms with Crippen LogP contribution in [0.4, 0.5) is 0 Å². The minimum absolute atomic E-state index is 0.0136. The fourth-order valence-corrected chi connectivity index (χ4v) is 0.999. The number of carbonyl (C=O) groups excluding carboxylic acids is 1. The second-order valence-corrected chi connectivity index (χ2v) is 3.60. The minimum atomic E-state index is -1.01. The van der Waals surface area contributed by atoms with Crippen LogP contribution in [0.15, 0.2) is 0 Å². The maximum Gasteiger partial charge on any atom is 0.323 e. The molecule has 0 aromatic heterocycles. The topological polar surface area (TPSA) is 66.8 Å². The van der Waals surface area contributed by atoms with Gasteiger partial charge in [0.2, 0.25) is 5.91 Å². The summed E-state index contributed by atoms with van der Waals surface area (Å²) in [5.41, 5.74) is 0. The molecule has 1 rings (SSSR count). The predicted molar refractivity (Wildman–Crippen MR) is 48.8 cm³/mol. The van der Waals surface area contributed by atoms with Gasteiger partial charge in [0.05, 0.1) is 6.61 Å². The van der Waals surface area contributed by atoms with Gasteiger partial charge in [0.25, 0.3) is 0 Å². The van der Waals surface area contributed by atoms with Crippen LogP contribution in [-0.4, -0.2) is 48.7 Å². The first-order valence-electron chi connectivity index (χ1n) is 4.63. The lowest BCUT2D eigenvalue weighted by Gasteiger charge is -2.14. The van der Waals surface area contributed by atoms with Crippen molar-refractivity contribution >= 4 is 11.9 Å². The van der Waals surface area contributed by atoms with Crippen LogP contribution in [-0.2, 0) is 14.3 Å². The molecule has 0 aromatic carbocycles. The van der Waals surface area contributed by atoms with E-state index in [0.717, 1.165) is 4.90 Å². The molecule has 14 heavy (non-hydrogen) atoms. The summed E-state index contributed by atoms with van der Waals surface area (Å²) >= 11 is 0. The van der Waals surface area contributed by atoms with Crippen LogP contribution in [0, 0.1) is 5.92 Å². The van der Waals surface area contributed by atoms with Gasteiger partial charge in [0, 0.05) is 7.05 Å². The average molecular weight is 201 g/mol. The molecule has 0 radical (unpaired) electrons. The van der Waals surface area contributed by atoms with Crippen LogP contribution in [0.5, 0.6) is 0 Å². The number of hydrogen-bond donors (Lipinski definition) is 1. The predicted octanol–water partition coefficient (Wildman–Crippen LogP) is -0.0440. The fraction of sp³-hybridized carbons (Fsp3) is 0.778. The molecule has 0 aliphatic heterocycles. The van der Waals surface area contributed by atoms with Gasteiger partial charge in [-0.15, -0.1) is 0 Å². The van der Waals surface area contributed by atoms with Crippen molar-refractivity contribution in [3.63, 3.8) is 0 Å². The van der Waals surface area contributed by atoms with Crippen molar-refractivity contribution < 1.29 is 19.4 Å². The van der Waals surface area contributed by atoms with Gasteiger partial charge >= 0.3 is 5.97 Å². The summed E-state index contributed by atoms with van der Waals surface area (Å²) in [5.74, 6) is -0.677. The summed E-state index contributed by atoms with van der Waals surface area (Å²) in [6, 6.07) is 0. The highest BCUT2D eigenvalue weighted by Gasteiger charge is 2.22. The van der Waals surface area contributed by atoms with Gasteiger partial charge in [-0.3, -0.25) is 9.59 Å². The minimum Gasteiger partial charge on any atom is -0.480 e. The molecule has 0 spiro atoms. The van der Waals surface area contributed by atoms with E-state index in [2.05, 4.69) is 0 Å². The Morgan fingerprint density at radius 1 is 1.50 bits per heavy atom. The summed E-state index contributed by atoms with van der Waals surface area (Å²) < 4.78 is 5.14. The molecule has 1 N–H and O–H groups in total. The van der Waals surface area contributed by atoms with E-state index in [0.29, 0.717) is 12.5 Å². The Labute approximate surface area is 82.6 Å². The van der Waals surface area contributed by atoms with Crippen LogP contribution < -0.4 is 0 Å². The standard InChI is InChI=1S/C9H15NO4/c1-10(4-9(12)13)8(11)6-14-5-7-2-3-7/h7H,2-6H2,1H3,(H,12,13). The first-order valence-corrected chi connectivity index (χ1v) is 4.63. The zero-order valence-corrected chi connectivity index (χ0v) is 8.23. The molecular formula is C9H15NO4. The number of nitrogens with zero attached hydrogens (tertiary/aromatic N) is 1. The Balaban J connectivity index is 2.08. The number of carboxylic acids is 1. The number of amides is 1. The van der Waals surface area contributed by atoms with Crippen molar-refractivity contribution in [2.24, 2.45) is 5.92 Å². The first kappa shape index (κ1) is 11.0. The lowest BCUT2D eigenvalue weighted by Crippen LogP contribution is -2.34. The largest absolute Gasteiger partial charge is 0.480 e. The lowest BCUT2D eigenvalue weighted by molar-refractivity contribution is -0.145. The number of hydrogen-bond acceptors (Lipinski definition) is 3. The number of carboxylic acid groups (broad SMARTS) is 1. The Morgan fingerprint density at radius 3 is 2.64 bits per heavy atom. The molecule has 0 heterocycles. The Hall–Kier alpha value is -1.10. The van der Waals surface area contributed by atoms with Crippen LogP contribution in [0.1, 0.15) is 12.8 Å². The molecule has 1 fully saturated rings. The van der Waals surface area contributed by atoms with E-state index in [4.69, 9.17) is 9.84 Å². The normalized spacial score (nSPS) is 15.2. The average Bonchev–Trinajstić information content (AvgIpc) is 2.86. The molecule has 0 atom stereocenters. The summed E-state index contributed by atoms with van der Waals surface area (Å²) in [6.45, 7) is 0.332. The van der Waals surface area contributed by atoms with Crippen LogP contribution in [0.3, 0.4) is 0 Å². The number of rotatable bonds is 6. The quantitative estimate of drug-likeness (QED) is 0.654. The van der Waals surface area contributed by atoms with E-state index < -0.39 is 5.97 Å². The monoisotopic (exact) mass is 201 g/mol. The first-order chi connectivity index (χ1) is 6.59. The van der Waals surface area contributed by atoms with Crippen molar-refractivity contribution in [1.82, 2.24) is 4.90 Å². The van der Waals surface area contributed by atoms with E-state index in [-0.39, 0.29) is 19.1 Å². The lowest BCUT2D eigenvalue weighted by atomic mass is 10.4. The third-order valence-corrected chi connectivity index (χ3v) is 2.07. The number of likely N-dealkylation sites (N-methyl/N-ethyl adjacent to an activating group) is 1. The highest BCUT2D eigenvalue weighted by molar-refractivity contribution is 5.81. The van der Waals surface area contributed by atoms with Crippen molar-refractivity contribution in [3.8, 4) is 0 Å². The molecule has 80 valence electrons. The van der Waals surface area contributed by atoms with Crippen LogP contribution in [0.25, 0.3) is 0 Å². The van der Waals surface area contributed by atoms with E-state index in [1.54, 1.807) is 0 Å². The summed E-state index contributed by atoms with van der Waals surface area (Å²) in [5, 5.41) is 8.42. The maximum atomic E-state index is 11.2. The van der Waals surface area contributed by atoms with Gasteiger partial charge in [-0.2, -0.15) is 0 Å². The smallest absolute Gasteiger partial charge is 0.323 e. The van der Waals surface area contributed by atoms with E-state index >= 15 is 0 Å². The van der Waals surface area contributed by atoms with E-state index in [1.165, 1.54) is 19.9 Å². The van der Waals surface area contributed by atoms with Crippen molar-refractivity contribution in [2.75, 3.05) is 26.8 Å². The molecule has 1 aliphatic carbocycles. The van der Waals surface area contributed by atoms with E-state index in [1.807, 2.05) is 0 Å². The van der Waals surface area contributed by atoms with Crippen molar-refractivity contribution in [3.05, 3.63) is 0 Å². The second-order valence-electron chi connectivity index (χ2n) is 3.60. The number of carbonyl (C=O) groups is 2. The van der Waals surface area contributed by atoms with Gasteiger partial charge in [0.15, 0.2) is 0 Å². The van der Waals surface area contributed by atoms with Gasteiger partial charge < -0.3 is 14.7 Å². The van der Waals surface area contributed by atoms with E-state index in [9.17, 15) is 9.59 Å². The summed E-state index contributed by atoms with van der Waals surface area (Å²) in [7, 11) is 1.46. The molecule has 0 saturated heterocycles. The van der Waals surface area contributed by atoms with Gasteiger partial charge in [-0.1, -0.05) is 0 Å². The molecular weight excluding hydrogens is 186 g/mol. The highest BCUT2D eigenvalue weighted by atomic mass is 16.5. The zero-order valence-electron chi connectivity index (χ0n) is 8.23. The van der Waals surface area contributed by atoms with Crippen molar-refractivity contribution in [1.29, 1.82) is 0 Å². The Morgan fingerprint density at radius 2 is 2.14 bits per heavy atom. The van der Waals surface area contributed by atoms with Crippen LogP contribution >= 0.6 is 0 Å². The van der Waals surface area contributed by atoms with Crippen LogP contribution in [0.2, 0.25) is 0 Å². The molecule has 5 heteroatoms. The SMILES string of the molecule is CN(CC(=O)O)C(=O)COCC1CC1. The molecule has 1 amide bonds. The van der Waals surface area contributed by atoms with Gasteiger partial charge in [-0.25, -0.2) is 0 Å². The van der Waals surface area contributed by atoms with Gasteiger partial charge in [-0.05, 0) is 18.8 Å². The summed E-state index contributed by atoms with van der Waals surface area (Å²) in [6.07, 6.45) is 2.36. The summed E-state index contributed by atoms with van der Waals surface area (Å²) in [4.78, 5) is 22.6. The molecule has 0 bridgehead atoms.